The molecule has 3 aromatic rings. The molecule has 5 N–H and O–H groups in total. The maximum atomic E-state index is 13.7. The summed E-state index contributed by atoms with van der Waals surface area (Å²) in [7, 11) is 0. The van der Waals surface area contributed by atoms with Crippen LogP contribution >= 0.6 is 22.9 Å². The summed E-state index contributed by atoms with van der Waals surface area (Å²) in [6.45, 7) is 4.60. The molecule has 0 saturated carbocycles. The highest BCUT2D eigenvalue weighted by molar-refractivity contribution is 7.10. The fourth-order valence-corrected chi connectivity index (χ4v) is 4.77. The lowest BCUT2D eigenvalue weighted by Gasteiger charge is -2.31. The molecule has 3 rings (SSSR count). The molecule has 0 spiro atoms. The van der Waals surface area contributed by atoms with Crippen molar-refractivity contribution in [3.8, 4) is 0 Å². The molecular weight excluding hydrogens is 477 g/mol. The quantitative estimate of drug-likeness (QED) is 0.389. The van der Waals surface area contributed by atoms with Crippen LogP contribution in [0.5, 0.6) is 0 Å². The zero-order chi connectivity index (χ0) is 24.8. The number of carbonyl (C=O) groups excluding carboxylic acids is 3. The van der Waals surface area contributed by atoms with Gasteiger partial charge in [0.15, 0.2) is 5.69 Å². The molecule has 11 heteroatoms. The summed E-state index contributed by atoms with van der Waals surface area (Å²) < 4.78 is 17.6. The van der Waals surface area contributed by atoms with Gasteiger partial charge in [-0.25, -0.2) is 4.39 Å². The Morgan fingerprint density at radius 3 is 2.44 bits per heavy atom. The average Bonchev–Trinajstić information content (AvgIpc) is 3.43. The molecule has 0 aliphatic carbocycles. The lowest BCUT2D eigenvalue weighted by Crippen LogP contribution is -2.43. The SMILES string of the molecule is CC(C)CCNC(=O)[C@@H](c1ccc(F)cc1)N(Cc1cccs1)C(=O)c1snc(C(N)=O)c1N. The van der Waals surface area contributed by atoms with E-state index in [1.807, 2.05) is 31.4 Å². The van der Waals surface area contributed by atoms with Crippen LogP contribution in [0.4, 0.5) is 10.1 Å². The van der Waals surface area contributed by atoms with Gasteiger partial charge in [0.2, 0.25) is 5.91 Å². The second-order valence-electron chi connectivity index (χ2n) is 8.08. The molecule has 2 aromatic heterocycles. The maximum absolute atomic E-state index is 13.7. The molecule has 3 amide bonds. The zero-order valence-corrected chi connectivity index (χ0v) is 20.4. The van der Waals surface area contributed by atoms with Gasteiger partial charge in [-0.2, -0.15) is 4.37 Å². The van der Waals surface area contributed by atoms with Crippen LogP contribution in [0.25, 0.3) is 0 Å². The number of hydrogen-bond acceptors (Lipinski definition) is 7. The Bertz CT molecular complexity index is 1150. The number of hydrogen-bond donors (Lipinski definition) is 3. The molecule has 0 unspecified atom stereocenters. The molecule has 8 nitrogen and oxygen atoms in total. The van der Waals surface area contributed by atoms with Crippen LogP contribution in [0.15, 0.2) is 41.8 Å². The minimum atomic E-state index is -1.07. The Morgan fingerprint density at radius 1 is 1.18 bits per heavy atom. The van der Waals surface area contributed by atoms with Gasteiger partial charge in [-0.05, 0) is 53.0 Å². The summed E-state index contributed by atoms with van der Waals surface area (Å²) in [5, 5.41) is 4.75. The number of thiophene rings is 1. The van der Waals surface area contributed by atoms with E-state index in [2.05, 4.69) is 9.69 Å². The van der Waals surface area contributed by atoms with E-state index in [-0.39, 0.29) is 22.8 Å². The third kappa shape index (κ3) is 5.97. The number of nitrogens with one attached hydrogen (secondary N) is 1. The van der Waals surface area contributed by atoms with Crippen LogP contribution < -0.4 is 16.8 Å². The van der Waals surface area contributed by atoms with Crippen molar-refractivity contribution in [3.05, 3.63) is 68.6 Å². The normalized spacial score (nSPS) is 11.9. The largest absolute Gasteiger partial charge is 0.395 e. The van der Waals surface area contributed by atoms with Crippen LogP contribution in [-0.2, 0) is 11.3 Å². The van der Waals surface area contributed by atoms with Crippen molar-refractivity contribution in [1.29, 1.82) is 0 Å². The summed E-state index contributed by atoms with van der Waals surface area (Å²) >= 11 is 2.17. The molecular formula is C23H26FN5O3S2. The Labute approximate surface area is 204 Å². The summed E-state index contributed by atoms with van der Waals surface area (Å²) in [6.07, 6.45) is 0.754. The number of nitrogens with two attached hydrogens (primary N) is 2. The molecule has 0 saturated heterocycles. The van der Waals surface area contributed by atoms with Gasteiger partial charge in [0.25, 0.3) is 11.8 Å². The second-order valence-corrected chi connectivity index (χ2v) is 9.88. The van der Waals surface area contributed by atoms with Gasteiger partial charge >= 0.3 is 0 Å². The van der Waals surface area contributed by atoms with Gasteiger partial charge in [-0.1, -0.05) is 32.0 Å². The minimum Gasteiger partial charge on any atom is -0.395 e. The number of nitrogens with zero attached hydrogens (tertiary/aromatic N) is 2. The molecule has 0 aliphatic heterocycles. The number of amides is 3. The molecule has 0 radical (unpaired) electrons. The van der Waals surface area contributed by atoms with Crippen LogP contribution in [-0.4, -0.2) is 33.5 Å². The summed E-state index contributed by atoms with van der Waals surface area (Å²) in [5.41, 5.74) is 11.4. The molecule has 1 atom stereocenters. The van der Waals surface area contributed by atoms with Gasteiger partial charge in [-0.15, -0.1) is 11.3 Å². The number of nitrogen functional groups attached to an aromatic ring is 1. The second kappa shape index (κ2) is 11.2. The summed E-state index contributed by atoms with van der Waals surface area (Å²) in [5.74, 6) is -1.92. The Balaban J connectivity index is 2.05. The minimum absolute atomic E-state index is 0.00690. The highest BCUT2D eigenvalue weighted by Gasteiger charge is 2.35. The molecule has 180 valence electrons. The number of aromatic nitrogens is 1. The fourth-order valence-electron chi connectivity index (χ4n) is 3.31. The van der Waals surface area contributed by atoms with E-state index in [0.29, 0.717) is 18.0 Å². The van der Waals surface area contributed by atoms with Gasteiger partial charge in [-0.3, -0.25) is 14.4 Å². The first-order valence-corrected chi connectivity index (χ1v) is 12.3. The molecule has 2 heterocycles. The van der Waals surface area contributed by atoms with E-state index in [1.54, 1.807) is 0 Å². The lowest BCUT2D eigenvalue weighted by molar-refractivity contribution is -0.126. The average molecular weight is 504 g/mol. The summed E-state index contributed by atoms with van der Waals surface area (Å²) in [6, 6.07) is 8.04. The standard InChI is InChI=1S/C23H26FN5O3S2/c1-13(2)9-10-27-22(31)19(14-5-7-15(24)8-6-14)29(12-16-4-3-11-33-16)23(32)20-17(25)18(21(26)30)28-34-20/h3-8,11,13,19H,9-10,12,25H2,1-2H3,(H2,26,30)(H,27,31)/t19-/m1/s1. The number of carbonyl (C=O) groups is 3. The Hall–Kier alpha value is -3.31. The van der Waals surface area contributed by atoms with Crippen LogP contribution in [0.1, 0.15) is 56.9 Å². The number of benzene rings is 1. The first-order valence-electron chi connectivity index (χ1n) is 10.6. The van der Waals surface area contributed by atoms with E-state index in [4.69, 9.17) is 11.5 Å². The van der Waals surface area contributed by atoms with Gasteiger partial charge in [0, 0.05) is 11.4 Å². The molecule has 0 aliphatic rings. The highest BCUT2D eigenvalue weighted by Crippen LogP contribution is 2.31. The third-order valence-corrected chi connectivity index (χ3v) is 6.80. The van der Waals surface area contributed by atoms with Crippen molar-refractivity contribution in [1.82, 2.24) is 14.6 Å². The predicted octanol–water partition coefficient (Wildman–Crippen LogP) is 3.57. The Kier molecular flexibility index (Phi) is 8.35. The molecule has 0 bridgehead atoms. The predicted molar refractivity (Wildman–Crippen MR) is 131 cm³/mol. The van der Waals surface area contributed by atoms with Gasteiger partial charge < -0.3 is 21.7 Å². The molecule has 1 aromatic carbocycles. The first-order chi connectivity index (χ1) is 16.2. The molecule has 34 heavy (non-hydrogen) atoms. The van der Waals surface area contributed by atoms with Crippen molar-refractivity contribution in [2.75, 3.05) is 12.3 Å². The Morgan fingerprint density at radius 2 is 1.88 bits per heavy atom. The van der Waals surface area contributed by atoms with E-state index in [9.17, 15) is 18.8 Å². The summed E-state index contributed by atoms with van der Waals surface area (Å²) in [4.78, 5) is 40.9. The molecule has 0 fully saturated rings. The van der Waals surface area contributed by atoms with Crippen LogP contribution in [0, 0.1) is 11.7 Å². The number of anilines is 1. The number of primary amides is 1. The number of rotatable bonds is 10. The van der Waals surface area contributed by atoms with E-state index < -0.39 is 29.6 Å². The van der Waals surface area contributed by atoms with E-state index in [1.165, 1.54) is 40.5 Å². The van der Waals surface area contributed by atoms with E-state index in [0.717, 1.165) is 22.8 Å². The fraction of sp³-hybridized carbons (Fsp3) is 0.304. The topological polar surface area (TPSA) is 131 Å². The maximum Gasteiger partial charge on any atom is 0.270 e. The van der Waals surface area contributed by atoms with Crippen molar-refractivity contribution in [2.24, 2.45) is 11.7 Å². The van der Waals surface area contributed by atoms with Crippen molar-refractivity contribution < 1.29 is 18.8 Å². The van der Waals surface area contributed by atoms with Crippen LogP contribution in [0.2, 0.25) is 0 Å². The third-order valence-electron chi connectivity index (χ3n) is 5.09. The van der Waals surface area contributed by atoms with Crippen molar-refractivity contribution in [2.45, 2.75) is 32.9 Å². The smallest absolute Gasteiger partial charge is 0.270 e. The van der Waals surface area contributed by atoms with Crippen LogP contribution in [0.3, 0.4) is 0 Å². The van der Waals surface area contributed by atoms with Crippen molar-refractivity contribution >= 4 is 46.3 Å². The zero-order valence-electron chi connectivity index (χ0n) is 18.8. The van der Waals surface area contributed by atoms with Gasteiger partial charge in [0.05, 0.1) is 12.2 Å². The number of halogens is 1. The highest BCUT2D eigenvalue weighted by atomic mass is 32.1. The monoisotopic (exact) mass is 503 g/mol. The van der Waals surface area contributed by atoms with Crippen molar-refractivity contribution in [3.63, 3.8) is 0 Å². The van der Waals surface area contributed by atoms with E-state index >= 15 is 0 Å². The lowest BCUT2D eigenvalue weighted by atomic mass is 10.0. The van der Waals surface area contributed by atoms with Gasteiger partial charge in [0.1, 0.15) is 16.7 Å². The first kappa shape index (κ1) is 25.3.